The number of cyclic esters (lactones) is 1. The number of carbonyl (C=O) groups is 3. The molecule has 0 aliphatic carbocycles. The van der Waals surface area contributed by atoms with Gasteiger partial charge in [0.05, 0.1) is 18.4 Å². The highest BCUT2D eigenvalue weighted by Gasteiger charge is 2.24. The average Bonchev–Trinajstić information content (AvgIpc) is 2.86. The maximum atomic E-state index is 12.6. The maximum Gasteiger partial charge on any atom is 0.331 e. The number of hydrogen-bond acceptors (Lipinski definition) is 5. The van der Waals surface area contributed by atoms with E-state index in [9.17, 15) is 19.5 Å². The number of allylic oxidation sites excluding steroid dienone is 7. The van der Waals surface area contributed by atoms with Gasteiger partial charge in [-0.05, 0) is 31.8 Å². The molecule has 1 rings (SSSR count). The summed E-state index contributed by atoms with van der Waals surface area (Å²) in [6.45, 7) is 6.01. The third kappa shape index (κ3) is 14.5. The third-order valence-corrected chi connectivity index (χ3v) is 5.92. The molecule has 1 aliphatic rings. The molecular weight excluding hydrogens is 456 g/mol. The molecule has 36 heavy (non-hydrogen) atoms. The number of amides is 2. The Balaban J connectivity index is 2.87. The minimum atomic E-state index is -1.03. The number of nitrogens with one attached hydrogen (secondary N) is 2. The van der Waals surface area contributed by atoms with Gasteiger partial charge in [-0.1, -0.05) is 88.1 Å². The van der Waals surface area contributed by atoms with Gasteiger partial charge in [0.2, 0.25) is 11.8 Å². The first-order valence-corrected chi connectivity index (χ1v) is 13.1. The van der Waals surface area contributed by atoms with E-state index in [1.165, 1.54) is 31.8 Å². The van der Waals surface area contributed by atoms with Crippen molar-refractivity contribution in [2.45, 2.75) is 84.3 Å². The molecule has 1 aliphatic heterocycles. The van der Waals surface area contributed by atoms with Crippen LogP contribution in [0.2, 0.25) is 0 Å². The minimum absolute atomic E-state index is 0.0709. The Kier molecular flexibility index (Phi) is 16.7. The van der Waals surface area contributed by atoms with Crippen LogP contribution in [0, 0.1) is 5.92 Å². The third-order valence-electron chi connectivity index (χ3n) is 5.92. The summed E-state index contributed by atoms with van der Waals surface area (Å²) in [5.74, 6) is -1.87. The lowest BCUT2D eigenvalue weighted by atomic mass is 10.0. The van der Waals surface area contributed by atoms with E-state index in [4.69, 9.17) is 4.74 Å². The van der Waals surface area contributed by atoms with E-state index >= 15 is 0 Å². The van der Waals surface area contributed by atoms with Crippen molar-refractivity contribution in [2.24, 2.45) is 5.92 Å². The van der Waals surface area contributed by atoms with Crippen LogP contribution in [-0.4, -0.2) is 48.2 Å². The van der Waals surface area contributed by atoms with Crippen molar-refractivity contribution in [1.82, 2.24) is 10.6 Å². The Hall–Kier alpha value is -2.93. The first-order chi connectivity index (χ1) is 17.3. The molecule has 0 aromatic carbocycles. The number of hydrogen-bond donors (Lipinski definition) is 3. The zero-order valence-corrected chi connectivity index (χ0v) is 22.1. The van der Waals surface area contributed by atoms with E-state index in [-0.39, 0.29) is 24.8 Å². The Labute approximate surface area is 216 Å². The number of aliphatic hydroxyl groups excluding tert-OH is 1. The van der Waals surface area contributed by atoms with Gasteiger partial charge in [-0.3, -0.25) is 9.59 Å². The zero-order valence-electron chi connectivity index (χ0n) is 22.1. The summed E-state index contributed by atoms with van der Waals surface area (Å²) in [6, 6.07) is 0. The zero-order chi connectivity index (χ0) is 26.6. The lowest BCUT2D eigenvalue weighted by Gasteiger charge is -2.21. The van der Waals surface area contributed by atoms with Crippen LogP contribution >= 0.6 is 0 Å². The Morgan fingerprint density at radius 1 is 1.08 bits per heavy atom. The van der Waals surface area contributed by atoms with Crippen molar-refractivity contribution in [2.75, 3.05) is 13.1 Å². The summed E-state index contributed by atoms with van der Waals surface area (Å²) in [4.78, 5) is 37.2. The fraction of sp³-hybridized carbons (Fsp3) is 0.552. The maximum absolute atomic E-state index is 12.6. The monoisotopic (exact) mass is 500 g/mol. The van der Waals surface area contributed by atoms with E-state index in [1.54, 1.807) is 25.2 Å². The van der Waals surface area contributed by atoms with Gasteiger partial charge in [0, 0.05) is 19.2 Å². The fourth-order valence-corrected chi connectivity index (χ4v) is 3.45. The van der Waals surface area contributed by atoms with Crippen LogP contribution < -0.4 is 10.6 Å². The van der Waals surface area contributed by atoms with E-state index in [0.29, 0.717) is 13.0 Å². The largest absolute Gasteiger partial charge is 0.454 e. The van der Waals surface area contributed by atoms with Gasteiger partial charge in [0.25, 0.3) is 0 Å². The summed E-state index contributed by atoms with van der Waals surface area (Å²) in [5.41, 5.74) is 0.742. The second-order valence-corrected chi connectivity index (χ2v) is 9.08. The molecule has 3 atom stereocenters. The molecule has 0 radical (unpaired) electrons. The minimum Gasteiger partial charge on any atom is -0.454 e. The Morgan fingerprint density at radius 2 is 1.83 bits per heavy atom. The van der Waals surface area contributed by atoms with Gasteiger partial charge < -0.3 is 20.5 Å². The van der Waals surface area contributed by atoms with Gasteiger partial charge in [-0.15, -0.1) is 0 Å². The van der Waals surface area contributed by atoms with Crippen LogP contribution in [0.4, 0.5) is 0 Å². The first kappa shape index (κ1) is 31.1. The molecular formula is C29H44N2O5. The lowest BCUT2D eigenvalue weighted by molar-refractivity contribution is -0.143. The molecule has 0 fully saturated rings. The summed E-state index contributed by atoms with van der Waals surface area (Å²) in [6.07, 6.45) is 21.8. The van der Waals surface area contributed by atoms with Crippen molar-refractivity contribution >= 4 is 17.8 Å². The molecule has 0 saturated carbocycles. The van der Waals surface area contributed by atoms with Gasteiger partial charge in [-0.25, -0.2) is 4.79 Å². The molecule has 0 aromatic heterocycles. The van der Waals surface area contributed by atoms with Crippen molar-refractivity contribution in [3.05, 3.63) is 60.3 Å². The van der Waals surface area contributed by atoms with Gasteiger partial charge in [0.15, 0.2) is 0 Å². The van der Waals surface area contributed by atoms with E-state index in [1.807, 2.05) is 31.2 Å². The Morgan fingerprint density at radius 3 is 2.61 bits per heavy atom. The summed E-state index contributed by atoms with van der Waals surface area (Å²) in [5, 5.41) is 15.8. The standard InChI is InChI=1S/C29H44N2O5/c1-4-5-6-7-8-9-12-15-18-23(2)26-21-27(33)31-22-25(32)24(3)29(35)30-20-17-14-11-10-13-16-19-28(34)36-26/h10-16,18-19,24-26,32H,4-9,17,20-22H2,1-3H3,(H,30,35)(H,31,33)/b13-10+,14-11+,15-12+,19-16+,23-18+. The van der Waals surface area contributed by atoms with Crippen LogP contribution in [0.25, 0.3) is 0 Å². The van der Waals surface area contributed by atoms with Crippen LogP contribution in [0.15, 0.2) is 60.3 Å². The lowest BCUT2D eigenvalue weighted by Crippen LogP contribution is -2.43. The number of carbonyl (C=O) groups excluding carboxylic acids is 3. The van der Waals surface area contributed by atoms with Gasteiger partial charge in [0.1, 0.15) is 6.10 Å². The number of esters is 1. The summed E-state index contributed by atoms with van der Waals surface area (Å²) >= 11 is 0. The smallest absolute Gasteiger partial charge is 0.331 e. The molecule has 0 spiro atoms. The second kappa shape index (κ2) is 19.3. The molecule has 3 unspecified atom stereocenters. The number of ether oxygens (including phenoxy) is 1. The quantitative estimate of drug-likeness (QED) is 0.259. The highest BCUT2D eigenvalue weighted by Crippen LogP contribution is 2.13. The molecule has 0 aromatic rings. The topological polar surface area (TPSA) is 105 Å². The SMILES string of the molecule is CCCCCCC/C=C/C=C(\C)C1CC(=O)NCC(O)C(C)C(=O)NCC/C=C/C=C/C=C/C(=O)O1. The van der Waals surface area contributed by atoms with Gasteiger partial charge in [-0.2, -0.15) is 0 Å². The molecule has 0 bridgehead atoms. The number of unbranched alkanes of at least 4 members (excludes halogenated alkanes) is 5. The number of rotatable bonds is 8. The Bertz CT molecular complexity index is 826. The molecule has 2 amide bonds. The van der Waals surface area contributed by atoms with E-state index < -0.39 is 24.1 Å². The van der Waals surface area contributed by atoms with Crippen LogP contribution in [0.3, 0.4) is 0 Å². The molecule has 200 valence electrons. The predicted molar refractivity (Wildman–Crippen MR) is 144 cm³/mol. The highest BCUT2D eigenvalue weighted by atomic mass is 16.5. The van der Waals surface area contributed by atoms with Crippen molar-refractivity contribution in [1.29, 1.82) is 0 Å². The first-order valence-electron chi connectivity index (χ1n) is 13.1. The summed E-state index contributed by atoms with van der Waals surface area (Å²) in [7, 11) is 0. The normalized spacial score (nSPS) is 26.2. The van der Waals surface area contributed by atoms with Crippen LogP contribution in [0.5, 0.6) is 0 Å². The molecule has 0 saturated heterocycles. The summed E-state index contributed by atoms with van der Waals surface area (Å²) < 4.78 is 5.57. The highest BCUT2D eigenvalue weighted by molar-refractivity contribution is 5.83. The molecule has 7 heteroatoms. The molecule has 1 heterocycles. The van der Waals surface area contributed by atoms with Crippen LogP contribution in [-0.2, 0) is 19.1 Å². The van der Waals surface area contributed by atoms with Crippen molar-refractivity contribution in [3.63, 3.8) is 0 Å². The molecule has 7 nitrogen and oxygen atoms in total. The fourth-order valence-electron chi connectivity index (χ4n) is 3.45. The predicted octanol–water partition coefficient (Wildman–Crippen LogP) is 4.45. The van der Waals surface area contributed by atoms with Crippen LogP contribution in [0.1, 0.15) is 72.1 Å². The average molecular weight is 501 g/mol. The molecule has 3 N–H and O–H groups in total. The van der Waals surface area contributed by atoms with Crippen molar-refractivity contribution in [3.8, 4) is 0 Å². The number of β-amino-alcohol motifs (C(OH)–C–C–N with tert-alkyl or cyclic N) is 1. The van der Waals surface area contributed by atoms with Crippen molar-refractivity contribution < 1.29 is 24.2 Å². The van der Waals surface area contributed by atoms with E-state index in [2.05, 4.69) is 23.6 Å². The van der Waals surface area contributed by atoms with E-state index in [0.717, 1.165) is 18.4 Å². The second-order valence-electron chi connectivity index (χ2n) is 9.08. The van der Waals surface area contributed by atoms with Gasteiger partial charge >= 0.3 is 5.97 Å². The number of aliphatic hydroxyl groups is 1.